The maximum Gasteiger partial charge on any atom is 0.273 e. The van der Waals surface area contributed by atoms with Crippen molar-refractivity contribution in [1.29, 1.82) is 0 Å². The van der Waals surface area contributed by atoms with Crippen LogP contribution in [0.1, 0.15) is 68.6 Å². The number of hydrogen-bond donors (Lipinski definition) is 1. The predicted molar refractivity (Wildman–Crippen MR) is 136 cm³/mol. The number of amides is 1. The number of likely N-dealkylation sites (N-methyl/N-ethyl adjacent to an activating group) is 1. The maximum atomic E-state index is 11.9. The van der Waals surface area contributed by atoms with E-state index in [4.69, 9.17) is 4.74 Å². The van der Waals surface area contributed by atoms with Gasteiger partial charge in [0.1, 0.15) is 12.4 Å². The second-order valence-electron chi connectivity index (χ2n) is 9.07. The fraction of sp³-hybridized carbons (Fsp3) is 0.429. The summed E-state index contributed by atoms with van der Waals surface area (Å²) in [5, 5.41) is 4.00. The van der Waals surface area contributed by atoms with Gasteiger partial charge in [-0.25, -0.2) is 5.43 Å². The molecule has 0 radical (unpaired) electrons. The first-order valence-corrected chi connectivity index (χ1v) is 12.2. The van der Waals surface area contributed by atoms with Crippen LogP contribution in [0.25, 0.3) is 6.08 Å². The van der Waals surface area contributed by atoms with Gasteiger partial charge in [-0.3, -0.25) is 4.79 Å². The summed E-state index contributed by atoms with van der Waals surface area (Å²) >= 11 is 0. The molecule has 1 aliphatic carbocycles. The number of ether oxygens (including phenoxy) is 1. The second kappa shape index (κ2) is 10.7. The topological polar surface area (TPSA) is 53.9 Å². The second-order valence-corrected chi connectivity index (χ2v) is 9.07. The molecule has 0 unspecified atom stereocenters. The summed E-state index contributed by atoms with van der Waals surface area (Å²) in [5.41, 5.74) is 8.65. The molecule has 0 spiro atoms. The quantitative estimate of drug-likeness (QED) is 0.520. The average Bonchev–Trinajstić information content (AvgIpc) is 3.16. The van der Waals surface area contributed by atoms with Gasteiger partial charge in [-0.15, -0.1) is 0 Å². The van der Waals surface area contributed by atoms with Gasteiger partial charge in [-0.1, -0.05) is 37.5 Å². The average molecular weight is 446 g/mol. The van der Waals surface area contributed by atoms with E-state index < -0.39 is 0 Å². The number of rotatable bonds is 8. The highest BCUT2D eigenvalue weighted by Crippen LogP contribution is 2.33. The van der Waals surface area contributed by atoms with E-state index in [0.29, 0.717) is 12.2 Å². The van der Waals surface area contributed by atoms with Gasteiger partial charge in [0, 0.05) is 12.2 Å². The standard InChI is InChI=1S/C28H35N3O2/c1-4-31(16-17-33-26-14-11-23(12-15-26)22-8-6-5-7-9-22)25-13-10-24(20(2)18-25)19-27-21(3)29-30-28(27)32/h10-15,18-19,22H,4-9,16-17H2,1-3H3,(H,30,32)/b27-19+. The molecule has 0 atom stereocenters. The van der Waals surface area contributed by atoms with E-state index in [1.54, 1.807) is 0 Å². The molecule has 4 rings (SSSR count). The lowest BCUT2D eigenvalue weighted by atomic mass is 9.84. The molecule has 5 heteroatoms. The molecule has 1 aliphatic heterocycles. The number of hydrazone groups is 1. The van der Waals surface area contributed by atoms with Crippen molar-refractivity contribution in [2.24, 2.45) is 5.10 Å². The van der Waals surface area contributed by atoms with Crippen LogP contribution in [0.5, 0.6) is 5.75 Å². The van der Waals surface area contributed by atoms with Gasteiger partial charge in [0.2, 0.25) is 0 Å². The zero-order valence-electron chi connectivity index (χ0n) is 20.1. The van der Waals surface area contributed by atoms with Gasteiger partial charge in [0.15, 0.2) is 0 Å². The number of carbonyl (C=O) groups excluding carboxylic acids is 1. The van der Waals surface area contributed by atoms with Crippen LogP contribution in [0.4, 0.5) is 5.69 Å². The first kappa shape index (κ1) is 23.1. The third-order valence-corrected chi connectivity index (χ3v) is 6.85. The Morgan fingerprint density at radius 1 is 1.09 bits per heavy atom. The van der Waals surface area contributed by atoms with Crippen molar-refractivity contribution >= 4 is 23.4 Å². The van der Waals surface area contributed by atoms with Crippen molar-refractivity contribution in [2.75, 3.05) is 24.6 Å². The predicted octanol–water partition coefficient (Wildman–Crippen LogP) is 5.84. The molecule has 2 aromatic carbocycles. The number of nitrogens with zero attached hydrogens (tertiary/aromatic N) is 2. The van der Waals surface area contributed by atoms with Crippen molar-refractivity contribution in [1.82, 2.24) is 5.43 Å². The number of anilines is 1. The van der Waals surface area contributed by atoms with Crippen LogP contribution < -0.4 is 15.1 Å². The summed E-state index contributed by atoms with van der Waals surface area (Å²) in [6.45, 7) is 8.43. The molecule has 2 aliphatic rings. The van der Waals surface area contributed by atoms with Crippen LogP contribution in [-0.2, 0) is 4.79 Å². The SMILES string of the molecule is CCN(CCOc1ccc(C2CCCCC2)cc1)c1ccc(/C=C2/C(=O)NN=C2C)c(C)c1. The minimum absolute atomic E-state index is 0.143. The van der Waals surface area contributed by atoms with Crippen LogP contribution in [0.2, 0.25) is 0 Å². The normalized spacial score (nSPS) is 17.7. The van der Waals surface area contributed by atoms with Crippen LogP contribution in [0.15, 0.2) is 53.1 Å². The number of nitrogens with one attached hydrogen (secondary N) is 1. The highest BCUT2D eigenvalue weighted by atomic mass is 16.5. The van der Waals surface area contributed by atoms with Crippen molar-refractivity contribution in [3.05, 3.63) is 64.7 Å². The molecule has 1 saturated carbocycles. The third kappa shape index (κ3) is 5.65. The molecular formula is C28H35N3O2. The highest BCUT2D eigenvalue weighted by Gasteiger charge is 2.19. The van der Waals surface area contributed by atoms with Gasteiger partial charge in [-0.2, -0.15) is 5.10 Å². The monoisotopic (exact) mass is 445 g/mol. The molecule has 0 aromatic heterocycles. The lowest BCUT2D eigenvalue weighted by Crippen LogP contribution is -2.28. The Hall–Kier alpha value is -3.08. The summed E-state index contributed by atoms with van der Waals surface area (Å²) in [5.74, 6) is 1.52. The summed E-state index contributed by atoms with van der Waals surface area (Å²) in [7, 11) is 0. The molecule has 1 fully saturated rings. The maximum absolute atomic E-state index is 11.9. The number of hydrogen-bond acceptors (Lipinski definition) is 4. The van der Waals surface area contributed by atoms with Crippen molar-refractivity contribution < 1.29 is 9.53 Å². The Bertz CT molecular complexity index is 1030. The largest absolute Gasteiger partial charge is 0.492 e. The summed E-state index contributed by atoms with van der Waals surface area (Å²) in [6.07, 6.45) is 8.66. The number of aryl methyl sites for hydroxylation is 1. The molecule has 1 N–H and O–H groups in total. The molecule has 174 valence electrons. The van der Waals surface area contributed by atoms with Crippen molar-refractivity contribution in [3.8, 4) is 5.75 Å². The van der Waals surface area contributed by atoms with Crippen molar-refractivity contribution in [3.63, 3.8) is 0 Å². The minimum Gasteiger partial charge on any atom is -0.492 e. The van der Waals surface area contributed by atoms with E-state index in [0.717, 1.165) is 47.3 Å². The molecule has 2 aromatic rings. The Kier molecular flexibility index (Phi) is 7.48. The fourth-order valence-electron chi connectivity index (χ4n) is 4.78. The molecule has 0 saturated heterocycles. The smallest absolute Gasteiger partial charge is 0.273 e. The van der Waals surface area contributed by atoms with Crippen LogP contribution in [-0.4, -0.2) is 31.3 Å². The van der Waals surface area contributed by atoms with Crippen LogP contribution in [0, 0.1) is 6.92 Å². The van der Waals surface area contributed by atoms with Gasteiger partial charge in [0.05, 0.1) is 17.8 Å². The Morgan fingerprint density at radius 2 is 1.85 bits per heavy atom. The van der Waals surface area contributed by atoms with Gasteiger partial charge in [-0.05, 0) is 86.6 Å². The highest BCUT2D eigenvalue weighted by molar-refractivity contribution is 6.26. The van der Waals surface area contributed by atoms with E-state index in [1.807, 2.05) is 13.0 Å². The Balaban J connectivity index is 1.34. The summed E-state index contributed by atoms with van der Waals surface area (Å²) < 4.78 is 6.06. The molecule has 33 heavy (non-hydrogen) atoms. The zero-order chi connectivity index (χ0) is 23.2. The fourth-order valence-corrected chi connectivity index (χ4v) is 4.78. The first-order valence-electron chi connectivity index (χ1n) is 12.2. The van der Waals surface area contributed by atoms with Gasteiger partial charge >= 0.3 is 0 Å². The minimum atomic E-state index is -0.143. The van der Waals surface area contributed by atoms with Gasteiger partial charge < -0.3 is 9.64 Å². The van der Waals surface area contributed by atoms with E-state index >= 15 is 0 Å². The molecule has 1 heterocycles. The summed E-state index contributed by atoms with van der Waals surface area (Å²) in [6, 6.07) is 15.1. The van der Waals surface area contributed by atoms with Crippen LogP contribution in [0.3, 0.4) is 0 Å². The van der Waals surface area contributed by atoms with Crippen molar-refractivity contribution in [2.45, 2.75) is 58.8 Å². The van der Waals surface area contributed by atoms with Gasteiger partial charge in [0.25, 0.3) is 5.91 Å². The molecular weight excluding hydrogens is 410 g/mol. The van der Waals surface area contributed by atoms with E-state index in [9.17, 15) is 4.79 Å². The number of benzene rings is 2. The van der Waals surface area contributed by atoms with E-state index in [2.05, 4.69) is 71.7 Å². The Labute approximate surface area is 197 Å². The van der Waals surface area contributed by atoms with E-state index in [-0.39, 0.29) is 5.91 Å². The molecule has 1 amide bonds. The Morgan fingerprint density at radius 3 is 2.48 bits per heavy atom. The molecule has 0 bridgehead atoms. The first-order chi connectivity index (χ1) is 16.0. The third-order valence-electron chi connectivity index (χ3n) is 6.85. The summed E-state index contributed by atoms with van der Waals surface area (Å²) in [4.78, 5) is 14.3. The lowest BCUT2D eigenvalue weighted by molar-refractivity contribution is -0.116. The lowest BCUT2D eigenvalue weighted by Gasteiger charge is -2.24. The van der Waals surface area contributed by atoms with E-state index in [1.165, 1.54) is 37.7 Å². The number of carbonyl (C=O) groups is 1. The molecule has 5 nitrogen and oxygen atoms in total. The zero-order valence-corrected chi connectivity index (χ0v) is 20.1. The van der Waals surface area contributed by atoms with Crippen LogP contribution >= 0.6 is 0 Å².